The van der Waals surface area contributed by atoms with E-state index < -0.39 is 8.07 Å². The number of hydrogen-bond acceptors (Lipinski definition) is 2. The molecule has 1 aliphatic heterocycles. The zero-order valence-electron chi connectivity index (χ0n) is 32.4. The highest BCUT2D eigenvalue weighted by atomic mass is 28.3. The summed E-state index contributed by atoms with van der Waals surface area (Å²) in [5, 5.41) is 2.67. The van der Waals surface area contributed by atoms with Crippen LogP contribution in [-0.4, -0.2) is 19.6 Å². The van der Waals surface area contributed by atoms with E-state index in [1.54, 1.807) is 0 Å². The normalized spacial score (nSPS) is 19.3. The van der Waals surface area contributed by atoms with Crippen LogP contribution in [0.15, 0.2) is 129 Å². The molecule has 0 unspecified atom stereocenters. The van der Waals surface area contributed by atoms with E-state index in [4.69, 9.17) is 0 Å². The van der Waals surface area contributed by atoms with Crippen LogP contribution in [0.3, 0.4) is 0 Å². The Morgan fingerprint density at radius 3 is 0.878 bits per heavy atom. The van der Waals surface area contributed by atoms with Gasteiger partial charge in [0.05, 0.1) is 0 Å². The summed E-state index contributed by atoms with van der Waals surface area (Å²) in [6.45, 7) is 30.7. The van der Waals surface area contributed by atoms with Crippen LogP contribution in [0.25, 0.3) is 11.1 Å². The summed E-state index contributed by atoms with van der Waals surface area (Å²) >= 11 is 0. The molecule has 0 atom stereocenters. The number of hydrogen-bond donors (Lipinski definition) is 0. The number of ketones is 2. The summed E-state index contributed by atoms with van der Waals surface area (Å²) in [5.74, 6) is 0.297. The van der Waals surface area contributed by atoms with Crippen molar-refractivity contribution in [2.24, 2.45) is 21.7 Å². The second-order valence-electron chi connectivity index (χ2n) is 18.7. The molecule has 0 amide bonds. The zero-order valence-corrected chi connectivity index (χ0v) is 33.4. The largest absolute Gasteiger partial charge is 0.289 e. The number of benzene rings is 2. The molecule has 0 aromatic heterocycles. The van der Waals surface area contributed by atoms with Gasteiger partial charge in [0.1, 0.15) is 8.07 Å². The maximum Gasteiger partial charge on any atom is 0.186 e. The van der Waals surface area contributed by atoms with Crippen LogP contribution >= 0.6 is 0 Å². The van der Waals surface area contributed by atoms with E-state index in [2.05, 4.69) is 181 Å². The lowest BCUT2D eigenvalue weighted by atomic mass is 9.71. The third-order valence-corrected chi connectivity index (χ3v) is 13.7. The first-order valence-electron chi connectivity index (χ1n) is 17.8. The molecule has 5 rings (SSSR count). The number of rotatable bonds is 2. The van der Waals surface area contributed by atoms with Gasteiger partial charge in [-0.25, -0.2) is 0 Å². The van der Waals surface area contributed by atoms with Crippen LogP contribution in [0.2, 0.25) is 13.1 Å². The molecule has 0 spiro atoms. The second kappa shape index (κ2) is 12.2. The maximum absolute atomic E-state index is 14.2. The Hall–Kier alpha value is -3.82. The van der Waals surface area contributed by atoms with Crippen molar-refractivity contribution in [3.63, 3.8) is 0 Å². The standard InChI is InChI=1S/C46H56O2Si/c1-43(2,3)33-25-31(26-34(39(33)47)44(4,5)6)41-37(29-21-17-15-18-22-29)38(30-23-19-16-20-24-30)42(49(41,13)14)32-27-35(45(7,8)9)40(48)36(28-32)46(10,11)12/h15-28H,1-14H3. The molecule has 0 bridgehead atoms. The number of Topliss-reactive ketones (excluding diaryl/α,β-unsaturated/α-hetero) is 2. The summed E-state index contributed by atoms with van der Waals surface area (Å²) in [6.07, 6.45) is 8.83. The molecular formula is C46H56O2Si. The van der Waals surface area contributed by atoms with Crippen LogP contribution in [0.1, 0.15) is 94.2 Å². The van der Waals surface area contributed by atoms with Gasteiger partial charge in [-0.15, -0.1) is 0 Å². The topological polar surface area (TPSA) is 34.1 Å². The van der Waals surface area contributed by atoms with Crippen molar-refractivity contribution >= 4 is 30.8 Å². The van der Waals surface area contributed by atoms with Crippen LogP contribution in [0.4, 0.5) is 0 Å². The Morgan fingerprint density at radius 2 is 0.653 bits per heavy atom. The quantitative estimate of drug-likeness (QED) is 0.299. The van der Waals surface area contributed by atoms with Gasteiger partial charge in [0, 0.05) is 22.3 Å². The van der Waals surface area contributed by atoms with E-state index in [1.807, 2.05) is 0 Å². The molecule has 0 saturated carbocycles. The minimum absolute atomic E-state index is 0.148. The molecule has 256 valence electrons. The van der Waals surface area contributed by atoms with Gasteiger partial charge in [0.25, 0.3) is 0 Å². The molecule has 2 nitrogen and oxygen atoms in total. The van der Waals surface area contributed by atoms with Crippen molar-refractivity contribution in [3.8, 4) is 0 Å². The van der Waals surface area contributed by atoms with Crippen LogP contribution in [0.5, 0.6) is 0 Å². The first-order valence-corrected chi connectivity index (χ1v) is 20.8. The van der Waals surface area contributed by atoms with Gasteiger partial charge in [0.2, 0.25) is 0 Å². The van der Waals surface area contributed by atoms with Crippen LogP contribution in [0, 0.1) is 21.7 Å². The van der Waals surface area contributed by atoms with Gasteiger partial charge in [-0.2, -0.15) is 0 Å². The molecule has 3 heteroatoms. The predicted molar refractivity (Wildman–Crippen MR) is 211 cm³/mol. The number of carbonyl (C=O) groups is 2. The average Bonchev–Trinajstić information content (AvgIpc) is 3.23. The summed E-state index contributed by atoms with van der Waals surface area (Å²) in [6, 6.07) is 21.6. The lowest BCUT2D eigenvalue weighted by Crippen LogP contribution is -2.34. The molecular weight excluding hydrogens is 613 g/mol. The SMILES string of the molecule is CC(C)(C)C1=CC(=C2C(c3ccccc3)=C(c3ccccc3)C(=C3C=C(C(C)(C)C)C(=O)C(C(C)(C)C)=C3)[Si]2(C)C)C=C(C(C)(C)C)C1=O. The summed E-state index contributed by atoms with van der Waals surface area (Å²) in [7, 11) is -2.58. The summed E-state index contributed by atoms with van der Waals surface area (Å²) < 4.78 is 0. The summed E-state index contributed by atoms with van der Waals surface area (Å²) in [4.78, 5) is 28.3. The fraction of sp³-hybridized carbons (Fsp3) is 0.391. The first-order chi connectivity index (χ1) is 22.5. The van der Waals surface area contributed by atoms with E-state index in [1.165, 1.54) is 32.7 Å². The number of carbonyl (C=O) groups excluding carboxylic acids is 2. The molecule has 1 heterocycles. The average molecular weight is 669 g/mol. The molecule has 2 aromatic carbocycles. The van der Waals surface area contributed by atoms with Gasteiger partial charge in [0.15, 0.2) is 11.6 Å². The highest BCUT2D eigenvalue weighted by molar-refractivity contribution is 6.98. The molecule has 2 aliphatic carbocycles. The van der Waals surface area contributed by atoms with Crippen molar-refractivity contribution in [2.45, 2.75) is 96.2 Å². The molecule has 3 aliphatic rings. The van der Waals surface area contributed by atoms with Crippen molar-refractivity contribution in [1.82, 2.24) is 0 Å². The third kappa shape index (κ3) is 6.72. The Labute approximate surface area is 297 Å². The molecule has 0 saturated heterocycles. The second-order valence-corrected chi connectivity index (χ2v) is 22.9. The number of allylic oxidation sites excluding steroid dienone is 14. The van der Waals surface area contributed by atoms with Gasteiger partial charge in [-0.3, -0.25) is 9.59 Å². The van der Waals surface area contributed by atoms with Crippen molar-refractivity contribution in [1.29, 1.82) is 0 Å². The van der Waals surface area contributed by atoms with E-state index in [0.29, 0.717) is 0 Å². The summed E-state index contributed by atoms with van der Waals surface area (Å²) in [5.41, 5.74) is 9.22. The van der Waals surface area contributed by atoms with E-state index >= 15 is 0 Å². The Balaban J connectivity index is 2.08. The smallest absolute Gasteiger partial charge is 0.186 e. The highest BCUT2D eigenvalue weighted by Gasteiger charge is 2.47. The first kappa shape index (κ1) is 36.5. The molecule has 0 fully saturated rings. The van der Waals surface area contributed by atoms with Gasteiger partial charge >= 0.3 is 0 Å². The van der Waals surface area contributed by atoms with Crippen molar-refractivity contribution in [3.05, 3.63) is 140 Å². The minimum Gasteiger partial charge on any atom is -0.289 e. The van der Waals surface area contributed by atoms with Gasteiger partial charge in [-0.1, -0.05) is 157 Å². The van der Waals surface area contributed by atoms with Crippen molar-refractivity contribution < 1.29 is 9.59 Å². The molecule has 0 N–H and O–H groups in total. The molecule has 2 aromatic rings. The molecule has 49 heavy (non-hydrogen) atoms. The van der Waals surface area contributed by atoms with E-state index in [9.17, 15) is 9.59 Å². The van der Waals surface area contributed by atoms with Crippen molar-refractivity contribution in [2.75, 3.05) is 0 Å². The minimum atomic E-state index is -2.58. The third-order valence-electron chi connectivity index (χ3n) is 10.1. The Kier molecular flexibility index (Phi) is 9.07. The van der Waals surface area contributed by atoms with Gasteiger partial charge < -0.3 is 0 Å². The lowest BCUT2D eigenvalue weighted by Gasteiger charge is -2.34. The highest BCUT2D eigenvalue weighted by Crippen LogP contribution is 2.56. The fourth-order valence-electron chi connectivity index (χ4n) is 7.57. The fourth-order valence-corrected chi connectivity index (χ4v) is 11.3. The lowest BCUT2D eigenvalue weighted by molar-refractivity contribution is -0.114. The maximum atomic E-state index is 14.2. The molecule has 0 radical (unpaired) electrons. The Morgan fingerprint density at radius 1 is 0.408 bits per heavy atom. The monoisotopic (exact) mass is 668 g/mol. The predicted octanol–water partition coefficient (Wildman–Crippen LogP) is 12.0. The van der Waals surface area contributed by atoms with Gasteiger partial charge in [-0.05, 0) is 89.8 Å². The van der Waals surface area contributed by atoms with E-state index in [0.717, 1.165) is 33.4 Å². The Bertz CT molecular complexity index is 1720. The van der Waals surface area contributed by atoms with Crippen LogP contribution < -0.4 is 0 Å². The van der Waals surface area contributed by atoms with Crippen LogP contribution in [-0.2, 0) is 9.59 Å². The zero-order chi connectivity index (χ0) is 36.5. The van der Waals surface area contributed by atoms with E-state index in [-0.39, 0.29) is 33.2 Å².